The summed E-state index contributed by atoms with van der Waals surface area (Å²) in [6.45, 7) is 1.05. The van der Waals surface area contributed by atoms with Crippen molar-refractivity contribution in [2.24, 2.45) is 0 Å². The summed E-state index contributed by atoms with van der Waals surface area (Å²) in [7, 11) is 1.63. The predicted octanol–water partition coefficient (Wildman–Crippen LogP) is 1.35. The van der Waals surface area contributed by atoms with E-state index in [1.54, 1.807) is 13.1 Å². The molecule has 0 bridgehead atoms. The lowest BCUT2D eigenvalue weighted by Gasteiger charge is -2.04. The molecule has 1 atom stereocenters. The van der Waals surface area contributed by atoms with Gasteiger partial charge in [0.05, 0.1) is 17.1 Å². The van der Waals surface area contributed by atoms with Crippen LogP contribution in [0.3, 0.4) is 0 Å². The van der Waals surface area contributed by atoms with Crippen LogP contribution in [0, 0.1) is 0 Å². The first kappa shape index (κ1) is 11.2. The topological polar surface area (TPSA) is 69.8 Å². The van der Waals surface area contributed by atoms with Crippen LogP contribution in [0.1, 0.15) is 35.1 Å². The van der Waals surface area contributed by atoms with Crippen molar-refractivity contribution >= 4 is 16.9 Å². The summed E-state index contributed by atoms with van der Waals surface area (Å²) in [5.41, 5.74) is 2.48. The number of carbonyl (C=O) groups excluding carboxylic acids is 1. The second-order valence-electron chi connectivity index (χ2n) is 4.58. The average molecular weight is 244 g/mol. The largest absolute Gasteiger partial charge is 0.355 e. The van der Waals surface area contributed by atoms with Gasteiger partial charge in [0.1, 0.15) is 5.82 Å². The molecular weight excluding hydrogens is 228 g/mol. The number of carbonyl (C=O) groups is 1. The maximum Gasteiger partial charge on any atom is 0.251 e. The molecule has 2 heterocycles. The monoisotopic (exact) mass is 244 g/mol. The van der Waals surface area contributed by atoms with E-state index < -0.39 is 0 Å². The molecule has 1 fully saturated rings. The van der Waals surface area contributed by atoms with E-state index >= 15 is 0 Å². The van der Waals surface area contributed by atoms with E-state index in [9.17, 15) is 4.79 Å². The molecule has 1 saturated heterocycles. The lowest BCUT2D eigenvalue weighted by Crippen LogP contribution is -2.17. The zero-order valence-corrected chi connectivity index (χ0v) is 10.3. The summed E-state index contributed by atoms with van der Waals surface area (Å²) < 4.78 is 0. The molecule has 5 nitrogen and oxygen atoms in total. The van der Waals surface area contributed by atoms with E-state index in [-0.39, 0.29) is 5.91 Å². The quantitative estimate of drug-likeness (QED) is 0.746. The number of rotatable bonds is 2. The molecule has 1 aromatic carbocycles. The molecule has 0 spiro atoms. The molecule has 1 amide bonds. The Morgan fingerprint density at radius 1 is 1.50 bits per heavy atom. The van der Waals surface area contributed by atoms with Crippen molar-refractivity contribution in [3.05, 3.63) is 29.6 Å². The van der Waals surface area contributed by atoms with Gasteiger partial charge in [0.15, 0.2) is 0 Å². The van der Waals surface area contributed by atoms with Gasteiger partial charge in [0.25, 0.3) is 5.91 Å². The Bertz CT molecular complexity index is 584. The minimum absolute atomic E-state index is 0.0768. The van der Waals surface area contributed by atoms with Gasteiger partial charge in [-0.15, -0.1) is 0 Å². The molecule has 18 heavy (non-hydrogen) atoms. The minimum Gasteiger partial charge on any atom is -0.355 e. The van der Waals surface area contributed by atoms with Gasteiger partial charge < -0.3 is 15.6 Å². The van der Waals surface area contributed by atoms with Crippen LogP contribution in [0.5, 0.6) is 0 Å². The summed E-state index contributed by atoms with van der Waals surface area (Å²) in [6, 6.07) is 5.85. The van der Waals surface area contributed by atoms with Gasteiger partial charge >= 0.3 is 0 Å². The number of H-pyrrole nitrogens is 1. The molecule has 1 unspecified atom stereocenters. The third-order valence-electron chi connectivity index (χ3n) is 3.38. The first-order chi connectivity index (χ1) is 8.78. The third-order valence-corrected chi connectivity index (χ3v) is 3.38. The number of nitrogens with zero attached hydrogens (tertiary/aromatic N) is 1. The molecule has 5 heteroatoms. The van der Waals surface area contributed by atoms with E-state index in [2.05, 4.69) is 20.6 Å². The van der Waals surface area contributed by atoms with Crippen molar-refractivity contribution in [1.29, 1.82) is 0 Å². The van der Waals surface area contributed by atoms with Crippen molar-refractivity contribution in [1.82, 2.24) is 20.6 Å². The van der Waals surface area contributed by atoms with Crippen LogP contribution in [0.15, 0.2) is 18.2 Å². The number of aromatic amines is 1. The molecule has 1 aliphatic heterocycles. The first-order valence-corrected chi connectivity index (χ1v) is 6.23. The van der Waals surface area contributed by atoms with Crippen molar-refractivity contribution in [2.45, 2.75) is 18.9 Å². The Morgan fingerprint density at radius 2 is 2.39 bits per heavy atom. The maximum absolute atomic E-state index is 11.6. The van der Waals surface area contributed by atoms with E-state index in [1.165, 1.54) is 6.42 Å². The highest BCUT2D eigenvalue weighted by Gasteiger charge is 2.19. The third kappa shape index (κ3) is 1.86. The lowest BCUT2D eigenvalue weighted by atomic mass is 10.2. The number of benzene rings is 1. The van der Waals surface area contributed by atoms with Gasteiger partial charge in [0.2, 0.25) is 0 Å². The summed E-state index contributed by atoms with van der Waals surface area (Å²) in [5.74, 6) is 0.892. The van der Waals surface area contributed by atoms with Crippen molar-refractivity contribution in [3.8, 4) is 0 Å². The summed E-state index contributed by atoms with van der Waals surface area (Å²) in [6.07, 6.45) is 2.30. The molecule has 0 radical (unpaired) electrons. The zero-order valence-electron chi connectivity index (χ0n) is 10.3. The van der Waals surface area contributed by atoms with Crippen LogP contribution in [0.2, 0.25) is 0 Å². The molecule has 2 aromatic rings. The van der Waals surface area contributed by atoms with Crippen molar-refractivity contribution in [3.63, 3.8) is 0 Å². The van der Waals surface area contributed by atoms with Gasteiger partial charge in [-0.05, 0) is 37.6 Å². The highest BCUT2D eigenvalue weighted by atomic mass is 16.1. The summed E-state index contributed by atoms with van der Waals surface area (Å²) in [4.78, 5) is 19.4. The van der Waals surface area contributed by atoms with Crippen LogP contribution in [0.4, 0.5) is 0 Å². The van der Waals surface area contributed by atoms with E-state index in [0.717, 1.165) is 29.8 Å². The van der Waals surface area contributed by atoms with Crippen LogP contribution in [0.25, 0.3) is 11.0 Å². The van der Waals surface area contributed by atoms with Gasteiger partial charge in [-0.25, -0.2) is 4.98 Å². The van der Waals surface area contributed by atoms with E-state index in [0.29, 0.717) is 11.6 Å². The Labute approximate surface area is 105 Å². The standard InChI is InChI=1S/C13H16N4O/c1-14-13(18)8-4-5-9-11(7-8)17-12(16-9)10-3-2-6-15-10/h4-5,7,10,15H,2-3,6H2,1H3,(H,14,18)(H,16,17). The van der Waals surface area contributed by atoms with Crippen LogP contribution < -0.4 is 10.6 Å². The number of aromatic nitrogens is 2. The normalized spacial score (nSPS) is 19.3. The Hall–Kier alpha value is -1.88. The SMILES string of the molecule is CNC(=O)c1ccc2nc(C3CCCN3)[nH]c2c1. The fourth-order valence-corrected chi connectivity index (χ4v) is 2.40. The molecule has 0 saturated carbocycles. The Balaban J connectivity index is 1.98. The minimum atomic E-state index is -0.0768. The summed E-state index contributed by atoms with van der Waals surface area (Å²) >= 11 is 0. The zero-order chi connectivity index (χ0) is 12.5. The van der Waals surface area contributed by atoms with Gasteiger partial charge in [0, 0.05) is 12.6 Å². The van der Waals surface area contributed by atoms with E-state index in [1.807, 2.05) is 12.1 Å². The number of amides is 1. The number of imidazole rings is 1. The smallest absolute Gasteiger partial charge is 0.251 e. The number of nitrogens with one attached hydrogen (secondary N) is 3. The molecule has 3 rings (SSSR count). The van der Waals surface area contributed by atoms with Crippen LogP contribution in [-0.4, -0.2) is 29.5 Å². The van der Waals surface area contributed by atoms with Crippen LogP contribution >= 0.6 is 0 Å². The molecule has 1 aromatic heterocycles. The molecule has 94 valence electrons. The lowest BCUT2D eigenvalue weighted by molar-refractivity contribution is 0.0963. The Morgan fingerprint density at radius 3 is 3.11 bits per heavy atom. The number of fused-ring (bicyclic) bond motifs is 1. The van der Waals surface area contributed by atoms with Gasteiger partial charge in [-0.2, -0.15) is 0 Å². The van der Waals surface area contributed by atoms with Gasteiger partial charge in [-0.1, -0.05) is 0 Å². The average Bonchev–Trinajstić information content (AvgIpc) is 3.04. The highest BCUT2D eigenvalue weighted by molar-refractivity contribution is 5.97. The molecular formula is C13H16N4O. The van der Waals surface area contributed by atoms with Crippen molar-refractivity contribution < 1.29 is 4.79 Å². The van der Waals surface area contributed by atoms with Crippen molar-refractivity contribution in [2.75, 3.05) is 13.6 Å². The van der Waals surface area contributed by atoms with E-state index in [4.69, 9.17) is 0 Å². The van der Waals surface area contributed by atoms with Crippen LogP contribution in [-0.2, 0) is 0 Å². The summed E-state index contributed by atoms with van der Waals surface area (Å²) in [5, 5.41) is 6.03. The fourth-order valence-electron chi connectivity index (χ4n) is 2.40. The molecule has 1 aliphatic rings. The number of hydrogen-bond donors (Lipinski definition) is 3. The second kappa shape index (κ2) is 4.42. The highest BCUT2D eigenvalue weighted by Crippen LogP contribution is 2.23. The fraction of sp³-hybridized carbons (Fsp3) is 0.385. The first-order valence-electron chi connectivity index (χ1n) is 6.23. The molecule has 0 aliphatic carbocycles. The number of hydrogen-bond acceptors (Lipinski definition) is 3. The molecule has 3 N–H and O–H groups in total. The maximum atomic E-state index is 11.6. The Kier molecular flexibility index (Phi) is 2.76. The second-order valence-corrected chi connectivity index (χ2v) is 4.58. The predicted molar refractivity (Wildman–Crippen MR) is 69.5 cm³/mol. The van der Waals surface area contributed by atoms with Gasteiger partial charge in [-0.3, -0.25) is 4.79 Å².